The molecule has 170 valence electrons. The van der Waals surface area contributed by atoms with Crippen LogP contribution in [0.15, 0.2) is 142 Å². The number of nitrogens with one attached hydrogen (secondary N) is 2. The van der Waals surface area contributed by atoms with Crippen molar-refractivity contribution in [2.24, 2.45) is 0 Å². The van der Waals surface area contributed by atoms with Gasteiger partial charge >= 0.3 is 0 Å². The third-order valence-electron chi connectivity index (χ3n) is 5.06. The summed E-state index contributed by atoms with van der Waals surface area (Å²) < 4.78 is 10.8. The predicted molar refractivity (Wildman–Crippen MR) is 146 cm³/mol. The number of hydrogen-bond donors (Lipinski definition) is 2. The van der Waals surface area contributed by atoms with Crippen molar-refractivity contribution in [3.8, 4) is 0 Å². The first kappa shape index (κ1) is 23.6. The first-order chi connectivity index (χ1) is 16.7. The van der Waals surface area contributed by atoms with Crippen LogP contribution < -0.4 is 0 Å². The van der Waals surface area contributed by atoms with Crippen LogP contribution in [0.4, 0.5) is 0 Å². The zero-order valence-corrected chi connectivity index (χ0v) is 20.5. The van der Waals surface area contributed by atoms with Crippen molar-refractivity contribution in [1.82, 2.24) is 9.97 Å². The maximum atomic E-state index is 10.8. The van der Waals surface area contributed by atoms with Crippen LogP contribution in [0.25, 0.3) is 21.8 Å². The molecule has 0 saturated carbocycles. The minimum Gasteiger partial charge on any atom is -0.361 e. The lowest BCUT2D eigenvalue weighted by molar-refractivity contribution is 0.687. The van der Waals surface area contributed by atoms with E-state index in [1.807, 2.05) is 54.7 Å². The van der Waals surface area contributed by atoms with E-state index < -0.39 is 10.8 Å². The molecule has 4 aromatic carbocycles. The van der Waals surface area contributed by atoms with Crippen LogP contribution in [-0.2, 0) is 10.8 Å². The van der Waals surface area contributed by atoms with Gasteiger partial charge in [0.15, 0.2) is 0 Å². The molecule has 34 heavy (non-hydrogen) atoms. The Morgan fingerprint density at radius 1 is 0.647 bits per heavy atom. The lowest BCUT2D eigenvalue weighted by atomic mass is 10.2. The van der Waals surface area contributed by atoms with Crippen LogP contribution in [0.5, 0.6) is 0 Å². The molecule has 0 aliphatic carbocycles. The van der Waals surface area contributed by atoms with E-state index in [2.05, 4.69) is 82.9 Å². The highest BCUT2D eigenvalue weighted by Gasteiger charge is 2.03. The zero-order valence-electron chi connectivity index (χ0n) is 18.8. The summed E-state index contributed by atoms with van der Waals surface area (Å²) in [4.78, 5) is 9.84. The van der Waals surface area contributed by atoms with Crippen LogP contribution in [0, 0.1) is 0 Å². The van der Waals surface area contributed by atoms with E-state index >= 15 is 0 Å². The standard InChI is InChI=1S/C14H11NS.C8H7N.C7H8OS/c1-2-6-11(7-3-1)16-14-10-15-13-9-5-4-8-12(13)14;1-2-4-8-7(3-1)5-6-9-8;1-9(8)7-5-3-2-4-6-7/h1-10,15H;1-6,9H;2-6H,1H3. The molecule has 0 saturated heterocycles. The van der Waals surface area contributed by atoms with Crippen molar-refractivity contribution in [3.63, 3.8) is 0 Å². The number of fused-ring (bicyclic) bond motifs is 2. The van der Waals surface area contributed by atoms with Gasteiger partial charge in [0.05, 0.1) is 0 Å². The smallest absolute Gasteiger partial charge is 0.0498 e. The summed E-state index contributed by atoms with van der Waals surface area (Å²) in [5, 5.41) is 2.56. The summed E-state index contributed by atoms with van der Waals surface area (Å²) in [5.74, 6) is 0. The molecule has 0 bridgehead atoms. The Kier molecular flexibility index (Phi) is 8.38. The first-order valence-electron chi connectivity index (χ1n) is 10.9. The maximum absolute atomic E-state index is 10.8. The molecule has 6 aromatic rings. The largest absolute Gasteiger partial charge is 0.361 e. The molecule has 0 amide bonds. The number of benzene rings is 4. The van der Waals surface area contributed by atoms with E-state index in [9.17, 15) is 4.21 Å². The van der Waals surface area contributed by atoms with E-state index in [0.29, 0.717) is 0 Å². The number of para-hydroxylation sites is 2. The number of aromatic amines is 2. The molecule has 5 heteroatoms. The average molecular weight is 483 g/mol. The second-order valence-electron chi connectivity index (χ2n) is 7.45. The van der Waals surface area contributed by atoms with Gasteiger partial charge in [-0.3, -0.25) is 4.21 Å². The van der Waals surface area contributed by atoms with E-state index in [4.69, 9.17) is 0 Å². The fourth-order valence-corrected chi connectivity index (χ4v) is 4.85. The highest BCUT2D eigenvalue weighted by atomic mass is 32.2. The van der Waals surface area contributed by atoms with Gasteiger partial charge in [0, 0.05) is 60.6 Å². The molecule has 0 aliphatic heterocycles. The minimum atomic E-state index is -0.829. The highest BCUT2D eigenvalue weighted by Crippen LogP contribution is 2.33. The molecule has 0 spiro atoms. The van der Waals surface area contributed by atoms with Gasteiger partial charge in [0.25, 0.3) is 0 Å². The Hall–Kier alpha value is -3.54. The van der Waals surface area contributed by atoms with Crippen molar-refractivity contribution < 1.29 is 4.21 Å². The molecule has 2 heterocycles. The van der Waals surface area contributed by atoms with Gasteiger partial charge in [-0.25, -0.2) is 0 Å². The zero-order chi connectivity index (χ0) is 23.6. The normalized spacial score (nSPS) is 11.2. The fraction of sp³-hybridized carbons (Fsp3) is 0.0345. The molecule has 2 N–H and O–H groups in total. The Bertz CT molecular complexity index is 1430. The minimum absolute atomic E-state index is 0.829. The fourth-order valence-electron chi connectivity index (χ4n) is 3.35. The first-order valence-corrected chi connectivity index (χ1v) is 13.3. The third kappa shape index (κ3) is 6.50. The van der Waals surface area contributed by atoms with Crippen molar-refractivity contribution in [3.05, 3.63) is 128 Å². The van der Waals surface area contributed by atoms with Gasteiger partial charge < -0.3 is 9.97 Å². The molecule has 3 nitrogen and oxygen atoms in total. The summed E-state index contributed by atoms with van der Waals surface area (Å²) in [6, 6.07) is 38.5. The lowest BCUT2D eigenvalue weighted by Gasteiger charge is -1.98. The molecule has 0 fully saturated rings. The summed E-state index contributed by atoms with van der Waals surface area (Å²) in [5.41, 5.74) is 2.40. The van der Waals surface area contributed by atoms with E-state index in [-0.39, 0.29) is 0 Å². The highest BCUT2D eigenvalue weighted by molar-refractivity contribution is 7.99. The molecular weight excluding hydrogens is 456 g/mol. The maximum Gasteiger partial charge on any atom is 0.0498 e. The van der Waals surface area contributed by atoms with Crippen molar-refractivity contribution in [2.75, 3.05) is 6.26 Å². The Morgan fingerprint density at radius 3 is 1.94 bits per heavy atom. The van der Waals surface area contributed by atoms with Crippen molar-refractivity contribution >= 4 is 44.4 Å². The summed E-state index contributed by atoms with van der Waals surface area (Å²) in [6.07, 6.45) is 5.70. The van der Waals surface area contributed by atoms with Crippen LogP contribution in [-0.4, -0.2) is 20.4 Å². The third-order valence-corrected chi connectivity index (χ3v) is 7.06. The van der Waals surface area contributed by atoms with Gasteiger partial charge in [-0.05, 0) is 47.9 Å². The predicted octanol–water partition coefficient (Wildman–Crippen LogP) is 7.91. The molecule has 1 unspecified atom stereocenters. The van der Waals surface area contributed by atoms with E-state index in [1.54, 1.807) is 18.0 Å². The van der Waals surface area contributed by atoms with Crippen LogP contribution in [0.1, 0.15) is 0 Å². The number of hydrogen-bond acceptors (Lipinski definition) is 2. The monoisotopic (exact) mass is 482 g/mol. The molecular formula is C29H26N2OS2. The Morgan fingerprint density at radius 2 is 1.26 bits per heavy atom. The van der Waals surface area contributed by atoms with E-state index in [0.717, 1.165) is 4.90 Å². The molecule has 2 aromatic heterocycles. The second kappa shape index (κ2) is 12.1. The van der Waals surface area contributed by atoms with Crippen LogP contribution in [0.3, 0.4) is 0 Å². The summed E-state index contributed by atoms with van der Waals surface area (Å²) in [7, 11) is -0.829. The summed E-state index contributed by atoms with van der Waals surface area (Å²) in [6.45, 7) is 0. The van der Waals surface area contributed by atoms with Crippen molar-refractivity contribution in [2.45, 2.75) is 14.7 Å². The van der Waals surface area contributed by atoms with Gasteiger partial charge in [0.1, 0.15) is 0 Å². The summed E-state index contributed by atoms with van der Waals surface area (Å²) >= 11 is 1.79. The van der Waals surface area contributed by atoms with Crippen LogP contribution in [0.2, 0.25) is 0 Å². The van der Waals surface area contributed by atoms with Gasteiger partial charge in [-0.2, -0.15) is 0 Å². The topological polar surface area (TPSA) is 48.6 Å². The quantitative estimate of drug-likeness (QED) is 0.269. The number of H-pyrrole nitrogens is 2. The average Bonchev–Trinajstić information content (AvgIpc) is 3.53. The van der Waals surface area contributed by atoms with Gasteiger partial charge in [0.2, 0.25) is 0 Å². The molecule has 1 atom stereocenters. The molecule has 6 rings (SSSR count). The van der Waals surface area contributed by atoms with Gasteiger partial charge in [-0.15, -0.1) is 0 Å². The van der Waals surface area contributed by atoms with Crippen molar-refractivity contribution in [1.29, 1.82) is 0 Å². The van der Waals surface area contributed by atoms with E-state index in [1.165, 1.54) is 31.6 Å². The lowest BCUT2D eigenvalue weighted by Crippen LogP contribution is -1.83. The number of aromatic nitrogens is 2. The van der Waals surface area contributed by atoms with Gasteiger partial charge in [-0.1, -0.05) is 84.6 Å². The second-order valence-corrected chi connectivity index (χ2v) is 9.94. The SMILES string of the molecule is CS(=O)c1ccccc1.c1ccc(Sc2c[nH]c3ccccc23)cc1.c1ccc2[nH]ccc2c1. The Labute approximate surface area is 206 Å². The Balaban J connectivity index is 0.000000130. The van der Waals surface area contributed by atoms with Crippen LogP contribution >= 0.6 is 11.8 Å². The molecule has 0 radical (unpaired) electrons. The number of rotatable bonds is 3. The molecule has 0 aliphatic rings.